The molecule has 2 aromatic heterocycles. The number of ether oxygens (including phenoxy) is 1. The minimum atomic E-state index is -0.598. The van der Waals surface area contributed by atoms with Gasteiger partial charge in [0.1, 0.15) is 0 Å². The topological polar surface area (TPSA) is 65.6 Å². The Kier molecular flexibility index (Phi) is 7.28. The fraction of sp³-hybridized carbons (Fsp3) is 0.281. The minimum Gasteiger partial charge on any atom is -0.466 e. The normalized spacial score (nSPS) is 15.5. The second-order valence-electron chi connectivity index (χ2n) is 10.1. The number of rotatable bonds is 6. The van der Waals surface area contributed by atoms with E-state index in [1.807, 2.05) is 43.3 Å². The van der Waals surface area contributed by atoms with Crippen LogP contribution in [0, 0.1) is 13.8 Å². The first-order chi connectivity index (χ1) is 18.7. The molecule has 2 aromatic carbocycles. The highest BCUT2D eigenvalue weighted by molar-refractivity contribution is 7.07. The lowest BCUT2D eigenvalue weighted by atomic mass is 9.95. The van der Waals surface area contributed by atoms with E-state index in [9.17, 15) is 9.59 Å². The number of benzene rings is 2. The van der Waals surface area contributed by atoms with Gasteiger partial charge in [-0.2, -0.15) is 0 Å². The Morgan fingerprint density at radius 2 is 1.79 bits per heavy atom. The van der Waals surface area contributed by atoms with E-state index >= 15 is 0 Å². The number of aryl methyl sites for hydroxylation is 1. The van der Waals surface area contributed by atoms with Crippen LogP contribution in [0.4, 0.5) is 0 Å². The zero-order valence-electron chi connectivity index (χ0n) is 23.2. The molecule has 0 radical (unpaired) electrons. The van der Waals surface area contributed by atoms with Crippen LogP contribution in [0.25, 0.3) is 11.8 Å². The largest absolute Gasteiger partial charge is 0.466 e. The van der Waals surface area contributed by atoms with Crippen LogP contribution in [0.15, 0.2) is 81.7 Å². The number of hydrogen-bond donors (Lipinski definition) is 0. The van der Waals surface area contributed by atoms with Gasteiger partial charge in [-0.15, -0.1) is 0 Å². The second-order valence-corrected chi connectivity index (χ2v) is 11.1. The average molecular weight is 540 g/mol. The monoisotopic (exact) mass is 539 g/mol. The van der Waals surface area contributed by atoms with Crippen LogP contribution in [-0.2, 0) is 9.53 Å². The first-order valence-corrected chi connectivity index (χ1v) is 14.0. The number of methoxy groups -OCH3 is 1. The number of hydrogen-bond acceptors (Lipinski definition) is 5. The van der Waals surface area contributed by atoms with Crippen molar-refractivity contribution in [3.63, 3.8) is 0 Å². The Labute approximate surface area is 232 Å². The molecule has 4 aromatic rings. The molecular weight excluding hydrogens is 506 g/mol. The molecule has 0 unspecified atom stereocenters. The SMILES string of the molecule is CCC1=C(C(=O)OC)[C@H](c2ccccc2)n2c(s/c(=C\c3cc(C)n(-c4ccc(C(C)C)cc4)c3C)c2=O)=N1. The molecule has 6 nitrogen and oxygen atoms in total. The number of thiazole rings is 1. The number of allylic oxidation sites excluding steroid dienone is 1. The van der Waals surface area contributed by atoms with Crippen molar-refractivity contribution in [1.29, 1.82) is 0 Å². The van der Waals surface area contributed by atoms with Crippen molar-refractivity contribution in [2.75, 3.05) is 7.11 Å². The maximum atomic E-state index is 13.9. The Hall–Kier alpha value is -3.97. The van der Waals surface area contributed by atoms with Crippen molar-refractivity contribution >= 4 is 23.4 Å². The molecule has 39 heavy (non-hydrogen) atoms. The van der Waals surface area contributed by atoms with E-state index in [2.05, 4.69) is 62.6 Å². The molecule has 200 valence electrons. The Morgan fingerprint density at radius 3 is 2.41 bits per heavy atom. The van der Waals surface area contributed by atoms with Crippen LogP contribution < -0.4 is 14.9 Å². The van der Waals surface area contributed by atoms with E-state index in [1.54, 1.807) is 4.57 Å². The zero-order valence-corrected chi connectivity index (χ0v) is 24.0. The van der Waals surface area contributed by atoms with E-state index in [1.165, 1.54) is 24.0 Å². The molecule has 0 saturated heterocycles. The zero-order chi connectivity index (χ0) is 27.8. The molecule has 0 amide bonds. The van der Waals surface area contributed by atoms with Gasteiger partial charge in [-0.1, -0.05) is 74.6 Å². The number of esters is 1. The van der Waals surface area contributed by atoms with Gasteiger partial charge in [0, 0.05) is 17.1 Å². The molecule has 7 heteroatoms. The fourth-order valence-electron chi connectivity index (χ4n) is 5.30. The van der Waals surface area contributed by atoms with Crippen molar-refractivity contribution in [2.45, 2.75) is 53.0 Å². The molecule has 0 aliphatic carbocycles. The van der Waals surface area contributed by atoms with Gasteiger partial charge >= 0.3 is 5.97 Å². The van der Waals surface area contributed by atoms with Gasteiger partial charge in [0.25, 0.3) is 5.56 Å². The minimum absolute atomic E-state index is 0.171. The molecule has 0 spiro atoms. The summed E-state index contributed by atoms with van der Waals surface area (Å²) in [5, 5.41) is 0. The Morgan fingerprint density at radius 1 is 1.10 bits per heavy atom. The van der Waals surface area contributed by atoms with Crippen molar-refractivity contribution in [1.82, 2.24) is 9.13 Å². The van der Waals surface area contributed by atoms with E-state index < -0.39 is 12.0 Å². The third-order valence-electron chi connectivity index (χ3n) is 7.34. The molecular formula is C32H33N3O3S. The summed E-state index contributed by atoms with van der Waals surface area (Å²) in [6.45, 7) is 10.5. The van der Waals surface area contributed by atoms with E-state index in [0.29, 0.717) is 32.9 Å². The average Bonchev–Trinajstić information content (AvgIpc) is 3.41. The second kappa shape index (κ2) is 10.7. The molecule has 5 rings (SSSR count). The summed E-state index contributed by atoms with van der Waals surface area (Å²) in [5.74, 6) is 0.00550. The lowest BCUT2D eigenvalue weighted by Crippen LogP contribution is -2.40. The molecule has 1 aliphatic heterocycles. The quantitative estimate of drug-likeness (QED) is 0.311. The van der Waals surface area contributed by atoms with Gasteiger partial charge in [-0.25, -0.2) is 9.79 Å². The first kappa shape index (κ1) is 26.6. The highest BCUT2D eigenvalue weighted by Crippen LogP contribution is 2.31. The molecule has 0 fully saturated rings. The third kappa shape index (κ3) is 4.72. The van der Waals surface area contributed by atoms with Gasteiger partial charge < -0.3 is 9.30 Å². The van der Waals surface area contributed by atoms with Crippen molar-refractivity contribution in [3.05, 3.63) is 120 Å². The molecule has 3 heterocycles. The molecule has 0 N–H and O–H groups in total. The van der Waals surface area contributed by atoms with Crippen molar-refractivity contribution in [3.8, 4) is 5.69 Å². The van der Waals surface area contributed by atoms with Gasteiger partial charge in [-0.05, 0) is 67.2 Å². The summed E-state index contributed by atoms with van der Waals surface area (Å²) in [4.78, 5) is 32.2. The smallest absolute Gasteiger partial charge is 0.338 e. The van der Waals surface area contributed by atoms with Crippen molar-refractivity contribution in [2.24, 2.45) is 4.99 Å². The maximum absolute atomic E-state index is 13.9. The van der Waals surface area contributed by atoms with Crippen LogP contribution in [0.5, 0.6) is 0 Å². The van der Waals surface area contributed by atoms with E-state index in [4.69, 9.17) is 9.73 Å². The first-order valence-electron chi connectivity index (χ1n) is 13.2. The highest BCUT2D eigenvalue weighted by atomic mass is 32.1. The highest BCUT2D eigenvalue weighted by Gasteiger charge is 2.33. The summed E-state index contributed by atoms with van der Waals surface area (Å²) >= 11 is 1.35. The Balaban J connectivity index is 1.67. The van der Waals surface area contributed by atoms with Gasteiger partial charge in [0.15, 0.2) is 4.80 Å². The molecule has 0 saturated carbocycles. The standard InChI is InChI=1S/C32H33N3O3S/c1-7-26-28(31(37)38-6)29(23-11-9-8-10-12-23)35-30(36)27(39-32(35)33-26)18-24-17-20(4)34(21(24)5)25-15-13-22(14-16-25)19(2)3/h8-19,29H,7H2,1-6H3/b27-18-/t29-/m0/s1. The van der Waals surface area contributed by atoms with Crippen LogP contribution >= 0.6 is 11.3 Å². The Bertz CT molecular complexity index is 1750. The van der Waals surface area contributed by atoms with Gasteiger partial charge in [0.2, 0.25) is 0 Å². The summed E-state index contributed by atoms with van der Waals surface area (Å²) in [7, 11) is 1.36. The number of nitrogens with zero attached hydrogens (tertiary/aromatic N) is 3. The van der Waals surface area contributed by atoms with Crippen LogP contribution in [0.2, 0.25) is 0 Å². The number of carbonyl (C=O) groups is 1. The van der Waals surface area contributed by atoms with Gasteiger partial charge in [0.05, 0.1) is 29.0 Å². The summed E-state index contributed by atoms with van der Waals surface area (Å²) in [5.41, 5.74) is 7.24. The fourth-order valence-corrected chi connectivity index (χ4v) is 6.31. The number of fused-ring (bicyclic) bond motifs is 1. The lowest BCUT2D eigenvalue weighted by Gasteiger charge is -2.25. The predicted octanol–water partition coefficient (Wildman–Crippen LogP) is 5.33. The van der Waals surface area contributed by atoms with E-state index in [-0.39, 0.29) is 5.56 Å². The molecule has 1 aliphatic rings. The van der Waals surface area contributed by atoms with Gasteiger partial charge in [-0.3, -0.25) is 9.36 Å². The predicted molar refractivity (Wildman–Crippen MR) is 156 cm³/mol. The molecule has 0 bridgehead atoms. The number of aromatic nitrogens is 2. The third-order valence-corrected chi connectivity index (χ3v) is 8.32. The van der Waals surface area contributed by atoms with Crippen LogP contribution in [0.1, 0.15) is 67.2 Å². The van der Waals surface area contributed by atoms with E-state index in [0.717, 1.165) is 28.2 Å². The lowest BCUT2D eigenvalue weighted by molar-refractivity contribution is -0.136. The maximum Gasteiger partial charge on any atom is 0.338 e. The van der Waals surface area contributed by atoms with Crippen LogP contribution in [0.3, 0.4) is 0 Å². The molecule has 1 atom stereocenters. The van der Waals surface area contributed by atoms with Crippen molar-refractivity contribution < 1.29 is 9.53 Å². The summed E-state index contributed by atoms with van der Waals surface area (Å²) in [6.07, 6.45) is 2.50. The summed E-state index contributed by atoms with van der Waals surface area (Å²) in [6, 6.07) is 19.7. The number of carbonyl (C=O) groups excluding carboxylic acids is 1. The van der Waals surface area contributed by atoms with Crippen LogP contribution in [-0.4, -0.2) is 22.2 Å². The summed E-state index contributed by atoms with van der Waals surface area (Å²) < 4.78 is 9.57.